The molecule has 1 rings (SSSR count). The highest BCUT2D eigenvalue weighted by molar-refractivity contribution is 6.31. The van der Waals surface area contributed by atoms with Crippen LogP contribution in [0, 0.1) is 11.3 Å². The fraction of sp³-hybridized carbons (Fsp3) is 0.385. The summed E-state index contributed by atoms with van der Waals surface area (Å²) in [5, 5.41) is 12.0. The topological polar surface area (TPSA) is 62.1 Å². The Kier molecular flexibility index (Phi) is 4.57. The molecule has 0 radical (unpaired) electrons. The Hall–Kier alpha value is -1.73. The highest BCUT2D eigenvalue weighted by Gasteiger charge is 2.21. The summed E-state index contributed by atoms with van der Waals surface area (Å²) >= 11 is 5.97. The zero-order chi connectivity index (χ0) is 13.8. The Balaban J connectivity index is 2.79. The summed E-state index contributed by atoms with van der Waals surface area (Å²) in [6.45, 7) is 5.26. The van der Waals surface area contributed by atoms with Crippen LogP contribution < -0.4 is 5.32 Å². The minimum atomic E-state index is -0.825. The predicted molar refractivity (Wildman–Crippen MR) is 69.2 cm³/mol. The summed E-state index contributed by atoms with van der Waals surface area (Å²) < 4.78 is 5.09. The molecule has 18 heavy (non-hydrogen) atoms. The summed E-state index contributed by atoms with van der Waals surface area (Å²) in [5.74, 6) is 0. The Bertz CT molecular complexity index is 475. The molecular weight excluding hydrogens is 252 g/mol. The van der Waals surface area contributed by atoms with Crippen LogP contribution in [0.1, 0.15) is 32.4 Å². The number of halogens is 1. The molecule has 0 fully saturated rings. The molecule has 1 amide bonds. The van der Waals surface area contributed by atoms with Crippen LogP contribution in [0.3, 0.4) is 0 Å². The van der Waals surface area contributed by atoms with Gasteiger partial charge in [0.2, 0.25) is 0 Å². The number of benzene rings is 1. The first kappa shape index (κ1) is 14.3. The molecule has 0 unspecified atom stereocenters. The Morgan fingerprint density at radius 3 is 2.56 bits per heavy atom. The van der Waals surface area contributed by atoms with Crippen LogP contribution in [0.25, 0.3) is 0 Å². The van der Waals surface area contributed by atoms with Crippen LogP contribution in [0.5, 0.6) is 0 Å². The van der Waals surface area contributed by atoms with Crippen molar-refractivity contribution < 1.29 is 9.53 Å². The number of hydrogen-bond donors (Lipinski definition) is 1. The van der Waals surface area contributed by atoms with Gasteiger partial charge >= 0.3 is 6.09 Å². The van der Waals surface area contributed by atoms with Crippen LogP contribution in [0.2, 0.25) is 5.02 Å². The number of carbonyl (C=O) groups is 1. The predicted octanol–water partition coefficient (Wildman–Crippen LogP) is 3.43. The van der Waals surface area contributed by atoms with Gasteiger partial charge in [0.25, 0.3) is 0 Å². The molecule has 1 atom stereocenters. The molecule has 0 heterocycles. The van der Waals surface area contributed by atoms with Gasteiger partial charge in [0.05, 0.1) is 6.07 Å². The van der Waals surface area contributed by atoms with Crippen molar-refractivity contribution >= 4 is 17.7 Å². The minimum Gasteiger partial charge on any atom is -0.444 e. The maximum atomic E-state index is 11.6. The smallest absolute Gasteiger partial charge is 0.408 e. The van der Waals surface area contributed by atoms with Crippen molar-refractivity contribution in [1.29, 1.82) is 5.26 Å². The van der Waals surface area contributed by atoms with Gasteiger partial charge in [-0.1, -0.05) is 29.8 Å². The number of carbonyl (C=O) groups excluding carboxylic acids is 1. The van der Waals surface area contributed by atoms with E-state index in [2.05, 4.69) is 5.32 Å². The quantitative estimate of drug-likeness (QED) is 0.892. The van der Waals surface area contributed by atoms with Crippen molar-refractivity contribution in [2.24, 2.45) is 0 Å². The van der Waals surface area contributed by atoms with Crippen molar-refractivity contribution in [3.8, 4) is 6.07 Å². The highest BCUT2D eigenvalue weighted by atomic mass is 35.5. The van der Waals surface area contributed by atoms with E-state index in [0.717, 1.165) is 0 Å². The molecule has 0 aliphatic heterocycles. The number of hydrogen-bond acceptors (Lipinski definition) is 3. The second-order valence-electron chi connectivity index (χ2n) is 4.73. The monoisotopic (exact) mass is 266 g/mol. The molecule has 96 valence electrons. The molecule has 5 heteroatoms. The number of alkyl carbamates (subject to hydrolysis) is 1. The van der Waals surface area contributed by atoms with E-state index < -0.39 is 17.7 Å². The number of rotatable bonds is 2. The number of ether oxygens (including phenoxy) is 1. The molecular formula is C13H15ClN2O2. The lowest BCUT2D eigenvalue weighted by atomic mass is 10.1. The van der Waals surface area contributed by atoms with Crippen molar-refractivity contribution in [1.82, 2.24) is 5.32 Å². The second-order valence-corrected chi connectivity index (χ2v) is 5.14. The van der Waals surface area contributed by atoms with Gasteiger partial charge in [-0.15, -0.1) is 0 Å². The van der Waals surface area contributed by atoms with Crippen molar-refractivity contribution in [2.75, 3.05) is 0 Å². The van der Waals surface area contributed by atoms with Crippen LogP contribution in [0.4, 0.5) is 4.79 Å². The third-order valence-electron chi connectivity index (χ3n) is 2.01. The number of nitrogens with one attached hydrogen (secondary N) is 1. The lowest BCUT2D eigenvalue weighted by Gasteiger charge is -2.21. The molecule has 0 saturated carbocycles. The molecule has 0 spiro atoms. The zero-order valence-corrected chi connectivity index (χ0v) is 11.3. The van der Waals surface area contributed by atoms with Gasteiger partial charge < -0.3 is 10.1 Å². The van der Waals surface area contributed by atoms with Crippen molar-refractivity contribution in [2.45, 2.75) is 32.4 Å². The highest BCUT2D eigenvalue weighted by Crippen LogP contribution is 2.22. The van der Waals surface area contributed by atoms with E-state index in [4.69, 9.17) is 21.6 Å². The Labute approximate surface area is 112 Å². The molecule has 4 nitrogen and oxygen atoms in total. The lowest BCUT2D eigenvalue weighted by Crippen LogP contribution is -2.34. The lowest BCUT2D eigenvalue weighted by molar-refractivity contribution is 0.0515. The normalized spacial score (nSPS) is 12.4. The summed E-state index contributed by atoms with van der Waals surface area (Å²) in [5.41, 5.74) is -0.0579. The fourth-order valence-electron chi connectivity index (χ4n) is 1.31. The maximum Gasteiger partial charge on any atom is 0.408 e. The van der Waals surface area contributed by atoms with Crippen LogP contribution in [-0.4, -0.2) is 11.7 Å². The largest absolute Gasteiger partial charge is 0.444 e. The van der Waals surface area contributed by atoms with Crippen LogP contribution in [0.15, 0.2) is 24.3 Å². The van der Waals surface area contributed by atoms with E-state index in [1.165, 1.54) is 0 Å². The first-order valence-electron chi connectivity index (χ1n) is 5.47. The summed E-state index contributed by atoms with van der Waals surface area (Å²) in [6, 6.07) is 8.02. The Morgan fingerprint density at radius 1 is 1.44 bits per heavy atom. The van der Waals surface area contributed by atoms with Gasteiger partial charge in [-0.25, -0.2) is 4.79 Å². The van der Waals surface area contributed by atoms with E-state index in [-0.39, 0.29) is 0 Å². The van der Waals surface area contributed by atoms with Gasteiger partial charge in [0.1, 0.15) is 11.6 Å². The number of nitriles is 1. The van der Waals surface area contributed by atoms with Crippen LogP contribution >= 0.6 is 11.6 Å². The molecule has 1 aromatic rings. The third-order valence-corrected chi connectivity index (χ3v) is 2.35. The first-order valence-corrected chi connectivity index (χ1v) is 5.85. The van der Waals surface area contributed by atoms with E-state index >= 15 is 0 Å². The molecule has 0 aliphatic rings. The van der Waals surface area contributed by atoms with Crippen LogP contribution in [-0.2, 0) is 4.74 Å². The van der Waals surface area contributed by atoms with E-state index in [9.17, 15) is 4.79 Å². The van der Waals surface area contributed by atoms with Gasteiger partial charge in [-0.2, -0.15) is 5.26 Å². The zero-order valence-electron chi connectivity index (χ0n) is 10.5. The van der Waals surface area contributed by atoms with Gasteiger partial charge in [0, 0.05) is 10.6 Å². The maximum absolute atomic E-state index is 11.6. The third kappa shape index (κ3) is 4.27. The van der Waals surface area contributed by atoms with Gasteiger partial charge in [0.15, 0.2) is 0 Å². The summed E-state index contributed by atoms with van der Waals surface area (Å²) in [7, 11) is 0. The van der Waals surface area contributed by atoms with Crippen molar-refractivity contribution in [3.05, 3.63) is 34.9 Å². The molecule has 1 N–H and O–H groups in total. The standard InChI is InChI=1S/C13H15ClN2O2/c1-13(2,3)18-12(17)16-11(8-15)9-6-4-5-7-10(9)14/h4-7,11H,1-3H3,(H,16,17)/t11-/m0/s1. The van der Waals surface area contributed by atoms with Gasteiger partial charge in [-0.3, -0.25) is 0 Å². The van der Waals surface area contributed by atoms with Crippen molar-refractivity contribution in [3.63, 3.8) is 0 Å². The first-order chi connectivity index (χ1) is 8.33. The van der Waals surface area contributed by atoms with E-state index in [1.807, 2.05) is 6.07 Å². The fourth-order valence-corrected chi connectivity index (χ4v) is 1.56. The van der Waals surface area contributed by atoms with E-state index in [1.54, 1.807) is 45.0 Å². The Morgan fingerprint density at radius 2 is 2.06 bits per heavy atom. The van der Waals surface area contributed by atoms with E-state index in [0.29, 0.717) is 10.6 Å². The molecule has 0 bridgehead atoms. The molecule has 0 aliphatic carbocycles. The van der Waals surface area contributed by atoms with Gasteiger partial charge in [-0.05, 0) is 26.8 Å². The second kappa shape index (κ2) is 5.74. The SMILES string of the molecule is CC(C)(C)OC(=O)N[C@@H](C#N)c1ccccc1Cl. The number of amides is 1. The molecule has 0 aromatic heterocycles. The number of nitrogens with zero attached hydrogens (tertiary/aromatic N) is 1. The molecule has 1 aromatic carbocycles. The summed E-state index contributed by atoms with van der Waals surface area (Å²) in [6.07, 6.45) is -0.644. The molecule has 0 saturated heterocycles. The minimum absolute atomic E-state index is 0.431. The average molecular weight is 267 g/mol. The average Bonchev–Trinajstić information content (AvgIpc) is 2.24. The summed E-state index contributed by atoms with van der Waals surface area (Å²) in [4.78, 5) is 11.6.